The van der Waals surface area contributed by atoms with Gasteiger partial charge in [-0.1, -0.05) is 30.0 Å². The summed E-state index contributed by atoms with van der Waals surface area (Å²) in [6.45, 7) is 1.46. The number of carbonyl (C=O) groups excluding carboxylic acids is 1. The Hall–Kier alpha value is -2.27. The zero-order chi connectivity index (χ0) is 19.6. The molecule has 1 aliphatic rings. The molecule has 0 spiro atoms. The van der Waals surface area contributed by atoms with Crippen molar-refractivity contribution in [3.63, 3.8) is 0 Å². The van der Waals surface area contributed by atoms with Gasteiger partial charge in [-0.15, -0.1) is 10.2 Å². The van der Waals surface area contributed by atoms with Crippen LogP contribution in [-0.2, 0) is 14.8 Å². The molecular formula is C18H18N4O4S2. The molecule has 0 unspecified atom stereocenters. The van der Waals surface area contributed by atoms with Crippen molar-refractivity contribution in [1.29, 1.82) is 0 Å². The number of ketones is 1. The van der Waals surface area contributed by atoms with Crippen LogP contribution in [0.2, 0.25) is 0 Å². The van der Waals surface area contributed by atoms with Gasteiger partial charge in [0.2, 0.25) is 10.0 Å². The van der Waals surface area contributed by atoms with Crippen LogP contribution in [0.3, 0.4) is 0 Å². The highest BCUT2D eigenvalue weighted by Crippen LogP contribution is 2.21. The number of benzene rings is 1. The summed E-state index contributed by atoms with van der Waals surface area (Å²) in [6.07, 6.45) is 1.84. The second-order valence-electron chi connectivity index (χ2n) is 6.16. The first kappa shape index (κ1) is 19.1. The normalized spacial score (nSPS) is 15.7. The number of sulfonamides is 1. The van der Waals surface area contributed by atoms with Gasteiger partial charge < -0.3 is 4.74 Å². The first-order valence-corrected chi connectivity index (χ1v) is 11.1. The number of nitrogens with zero attached hydrogens (tertiary/aromatic N) is 4. The molecular weight excluding hydrogens is 400 g/mol. The van der Waals surface area contributed by atoms with Gasteiger partial charge in [0.15, 0.2) is 16.6 Å². The van der Waals surface area contributed by atoms with Gasteiger partial charge in [-0.05, 0) is 24.3 Å². The molecule has 0 N–H and O–H groups in total. The van der Waals surface area contributed by atoms with Crippen LogP contribution in [0.5, 0.6) is 0 Å². The number of pyridine rings is 1. The molecule has 3 heterocycles. The van der Waals surface area contributed by atoms with Crippen LogP contribution in [0.25, 0.3) is 5.65 Å². The number of ether oxygens (including phenoxy) is 1. The lowest BCUT2D eigenvalue weighted by Gasteiger charge is -2.26. The second-order valence-corrected chi connectivity index (χ2v) is 9.04. The lowest BCUT2D eigenvalue weighted by molar-refractivity contribution is 0.0730. The van der Waals surface area contributed by atoms with Crippen LogP contribution in [-0.4, -0.2) is 65.2 Å². The number of Topliss-reactive ketones (excluding diaryl/α,β-unsaturated/α-hetero) is 1. The van der Waals surface area contributed by atoms with E-state index in [4.69, 9.17) is 4.74 Å². The fraction of sp³-hybridized carbons (Fsp3) is 0.278. The molecule has 146 valence electrons. The average molecular weight is 419 g/mol. The Labute approximate surface area is 166 Å². The minimum atomic E-state index is -3.56. The smallest absolute Gasteiger partial charge is 0.243 e. The Morgan fingerprint density at radius 1 is 1.07 bits per heavy atom. The number of aromatic nitrogens is 3. The van der Waals surface area contributed by atoms with Crippen molar-refractivity contribution in [1.82, 2.24) is 18.9 Å². The molecule has 1 aromatic carbocycles. The summed E-state index contributed by atoms with van der Waals surface area (Å²) in [5.41, 5.74) is 1.18. The monoisotopic (exact) mass is 418 g/mol. The largest absolute Gasteiger partial charge is 0.379 e. The summed E-state index contributed by atoms with van der Waals surface area (Å²) in [7, 11) is -3.56. The number of thioether (sulfide) groups is 1. The molecule has 0 saturated carbocycles. The maximum Gasteiger partial charge on any atom is 0.243 e. The van der Waals surface area contributed by atoms with E-state index in [1.807, 2.05) is 28.8 Å². The number of rotatable bonds is 6. The molecule has 4 rings (SSSR count). The van der Waals surface area contributed by atoms with Crippen LogP contribution in [0, 0.1) is 0 Å². The molecule has 0 atom stereocenters. The van der Waals surface area contributed by atoms with E-state index in [2.05, 4.69) is 10.2 Å². The van der Waals surface area contributed by atoms with Gasteiger partial charge in [0.25, 0.3) is 0 Å². The molecule has 8 nitrogen and oxygen atoms in total. The second kappa shape index (κ2) is 8.00. The topological polar surface area (TPSA) is 93.9 Å². The van der Waals surface area contributed by atoms with Gasteiger partial charge >= 0.3 is 0 Å². The van der Waals surface area contributed by atoms with Crippen LogP contribution < -0.4 is 0 Å². The summed E-state index contributed by atoms with van der Waals surface area (Å²) >= 11 is 1.29. The number of fused-ring (bicyclic) bond motifs is 1. The lowest BCUT2D eigenvalue weighted by Crippen LogP contribution is -2.40. The van der Waals surface area contributed by atoms with Crippen LogP contribution >= 0.6 is 11.8 Å². The SMILES string of the molecule is O=C(CSc1nnc2ccccn12)c1ccc(S(=O)(=O)N2CCOCC2)cc1. The molecule has 28 heavy (non-hydrogen) atoms. The molecule has 2 aromatic heterocycles. The van der Waals surface area contributed by atoms with Crippen molar-refractivity contribution >= 4 is 33.2 Å². The molecule has 1 aliphatic heterocycles. The maximum atomic E-state index is 12.6. The quantitative estimate of drug-likeness (QED) is 0.444. The zero-order valence-electron chi connectivity index (χ0n) is 14.9. The Balaban J connectivity index is 1.44. The van der Waals surface area contributed by atoms with Crippen molar-refractivity contribution < 1.29 is 17.9 Å². The van der Waals surface area contributed by atoms with Gasteiger partial charge in [-0.25, -0.2) is 8.42 Å². The van der Waals surface area contributed by atoms with E-state index in [1.54, 1.807) is 12.1 Å². The highest BCUT2D eigenvalue weighted by atomic mass is 32.2. The average Bonchev–Trinajstić information content (AvgIpc) is 3.16. The predicted octanol–water partition coefficient (Wildman–Crippen LogP) is 1.73. The predicted molar refractivity (Wildman–Crippen MR) is 104 cm³/mol. The van der Waals surface area contributed by atoms with Crippen LogP contribution in [0.1, 0.15) is 10.4 Å². The number of carbonyl (C=O) groups is 1. The van der Waals surface area contributed by atoms with E-state index in [-0.39, 0.29) is 16.4 Å². The molecule has 0 bridgehead atoms. The van der Waals surface area contributed by atoms with Crippen molar-refractivity contribution in [2.75, 3.05) is 32.1 Å². The van der Waals surface area contributed by atoms with Crippen molar-refractivity contribution in [2.24, 2.45) is 0 Å². The van der Waals surface area contributed by atoms with Crippen molar-refractivity contribution in [3.05, 3.63) is 54.2 Å². The molecule has 0 amide bonds. The number of morpholine rings is 1. The summed E-state index contributed by atoms with van der Waals surface area (Å²) in [5.74, 6) is 0.0821. The Morgan fingerprint density at radius 3 is 2.57 bits per heavy atom. The van der Waals surface area contributed by atoms with Gasteiger partial charge in [-0.3, -0.25) is 9.20 Å². The Bertz CT molecular complexity index is 1090. The fourth-order valence-electron chi connectivity index (χ4n) is 2.88. The minimum absolute atomic E-state index is 0.104. The van der Waals surface area contributed by atoms with Crippen LogP contribution in [0.15, 0.2) is 58.7 Å². The third kappa shape index (κ3) is 3.81. The van der Waals surface area contributed by atoms with Crippen molar-refractivity contribution in [3.8, 4) is 0 Å². The molecule has 0 aliphatic carbocycles. The lowest BCUT2D eigenvalue weighted by atomic mass is 10.1. The van der Waals surface area contributed by atoms with Crippen molar-refractivity contribution in [2.45, 2.75) is 10.1 Å². The number of hydrogen-bond acceptors (Lipinski definition) is 7. The van der Waals surface area contributed by atoms with Crippen LogP contribution in [0.4, 0.5) is 0 Å². The molecule has 1 saturated heterocycles. The Morgan fingerprint density at radius 2 is 1.82 bits per heavy atom. The van der Waals surface area contributed by atoms with Gasteiger partial charge in [0.05, 0.1) is 23.9 Å². The van der Waals surface area contributed by atoms with E-state index < -0.39 is 10.0 Å². The number of hydrogen-bond donors (Lipinski definition) is 0. The highest BCUT2D eigenvalue weighted by Gasteiger charge is 2.26. The van der Waals surface area contributed by atoms with Gasteiger partial charge in [0, 0.05) is 24.8 Å². The molecule has 1 fully saturated rings. The summed E-state index contributed by atoms with van der Waals surface area (Å²) in [6, 6.07) is 11.7. The zero-order valence-corrected chi connectivity index (χ0v) is 16.5. The minimum Gasteiger partial charge on any atom is -0.379 e. The highest BCUT2D eigenvalue weighted by molar-refractivity contribution is 7.99. The molecule has 3 aromatic rings. The van der Waals surface area contributed by atoms with Gasteiger partial charge in [0.1, 0.15) is 0 Å². The standard InChI is InChI=1S/C18H18N4O4S2/c23-16(13-27-18-20-19-17-3-1-2-8-22(17)18)14-4-6-15(7-5-14)28(24,25)21-9-11-26-12-10-21/h1-8H,9-13H2. The first-order chi connectivity index (χ1) is 13.6. The van der Waals surface area contributed by atoms with E-state index in [1.165, 1.54) is 28.2 Å². The van der Waals surface area contributed by atoms with E-state index in [0.717, 1.165) is 5.65 Å². The van der Waals surface area contributed by atoms with Gasteiger partial charge in [-0.2, -0.15) is 4.31 Å². The molecule has 10 heteroatoms. The van der Waals surface area contributed by atoms with E-state index >= 15 is 0 Å². The van der Waals surface area contributed by atoms with E-state index in [9.17, 15) is 13.2 Å². The summed E-state index contributed by atoms with van der Waals surface area (Å²) in [5, 5.41) is 8.78. The third-order valence-corrected chi connectivity index (χ3v) is 7.25. The third-order valence-electron chi connectivity index (χ3n) is 4.40. The first-order valence-electron chi connectivity index (χ1n) is 8.69. The fourth-order valence-corrected chi connectivity index (χ4v) is 5.11. The molecule has 0 radical (unpaired) electrons. The Kier molecular flexibility index (Phi) is 5.44. The summed E-state index contributed by atoms with van der Waals surface area (Å²) in [4.78, 5) is 12.7. The maximum absolute atomic E-state index is 12.6. The van der Waals surface area contributed by atoms with E-state index in [0.29, 0.717) is 37.0 Å². The summed E-state index contributed by atoms with van der Waals surface area (Å²) < 4.78 is 33.7.